The van der Waals surface area contributed by atoms with Crippen LogP contribution in [0, 0.1) is 10.8 Å². The van der Waals surface area contributed by atoms with E-state index in [1.165, 1.54) is 12.8 Å². The van der Waals surface area contributed by atoms with Gasteiger partial charge in [0.25, 0.3) is 4.84 Å². The summed E-state index contributed by atoms with van der Waals surface area (Å²) in [7, 11) is 3.21. The lowest BCUT2D eigenvalue weighted by atomic mass is 10.00. The summed E-state index contributed by atoms with van der Waals surface area (Å²) in [6, 6.07) is 5.55. The van der Waals surface area contributed by atoms with Gasteiger partial charge in [0.05, 0.1) is 20.9 Å². The Kier molecular flexibility index (Phi) is 5.20. The number of piperidine rings is 1. The summed E-state index contributed by atoms with van der Waals surface area (Å²) in [6.07, 6.45) is 2.43. The highest BCUT2D eigenvalue weighted by molar-refractivity contribution is 7.71. The van der Waals surface area contributed by atoms with Crippen molar-refractivity contribution in [2.75, 3.05) is 27.3 Å². The highest BCUT2D eigenvalue weighted by atomic mass is 32.1. The lowest BCUT2D eigenvalue weighted by Gasteiger charge is -2.29. The second-order valence-corrected chi connectivity index (χ2v) is 6.53. The van der Waals surface area contributed by atoms with Crippen molar-refractivity contribution in [3.05, 3.63) is 23.0 Å². The first-order valence-corrected chi connectivity index (χ1v) is 8.54. The Labute approximate surface area is 147 Å². The van der Waals surface area contributed by atoms with Crippen LogP contribution in [0.4, 0.5) is 0 Å². The normalized spacial score (nSPS) is 16.3. The molecule has 0 spiro atoms. The van der Waals surface area contributed by atoms with Crippen LogP contribution in [0.3, 0.4) is 0 Å². The molecule has 0 N–H and O–H groups in total. The van der Waals surface area contributed by atoms with Crippen LogP contribution in [-0.2, 0) is 6.67 Å². The highest BCUT2D eigenvalue weighted by Crippen LogP contribution is 2.31. The van der Waals surface area contributed by atoms with Gasteiger partial charge in [-0.3, -0.25) is 4.90 Å². The quantitative estimate of drug-likeness (QED) is 0.769. The van der Waals surface area contributed by atoms with Gasteiger partial charge < -0.3 is 13.9 Å². The number of benzene rings is 1. The fraction of sp³-hybridized carbons (Fsp3) is 0.529. The van der Waals surface area contributed by atoms with Crippen molar-refractivity contribution in [3.8, 4) is 23.0 Å². The van der Waals surface area contributed by atoms with Crippen molar-refractivity contribution in [1.82, 2.24) is 14.7 Å². The van der Waals surface area contributed by atoms with E-state index in [0.717, 1.165) is 24.6 Å². The van der Waals surface area contributed by atoms with Crippen molar-refractivity contribution >= 4 is 12.2 Å². The maximum absolute atomic E-state index is 5.68. The predicted octanol–water partition coefficient (Wildman–Crippen LogP) is 3.58. The number of aromatic nitrogens is 2. The van der Waals surface area contributed by atoms with Gasteiger partial charge in [0.2, 0.25) is 5.89 Å². The largest absolute Gasteiger partial charge is 0.493 e. The molecular formula is C17H23N3O3S. The Hall–Kier alpha value is -1.86. The summed E-state index contributed by atoms with van der Waals surface area (Å²) in [6.45, 7) is 5.11. The second kappa shape index (κ2) is 7.36. The molecule has 1 fully saturated rings. The van der Waals surface area contributed by atoms with E-state index in [-0.39, 0.29) is 0 Å². The van der Waals surface area contributed by atoms with Crippen LogP contribution in [-0.4, -0.2) is 42.0 Å². The molecule has 0 unspecified atom stereocenters. The van der Waals surface area contributed by atoms with Gasteiger partial charge in [-0.25, -0.2) is 4.68 Å². The van der Waals surface area contributed by atoms with E-state index < -0.39 is 0 Å². The first-order valence-electron chi connectivity index (χ1n) is 8.13. The fourth-order valence-electron chi connectivity index (χ4n) is 2.87. The molecule has 3 rings (SSSR count). The van der Waals surface area contributed by atoms with Crippen molar-refractivity contribution < 1.29 is 13.9 Å². The number of likely N-dealkylation sites (tertiary alicyclic amines) is 1. The van der Waals surface area contributed by atoms with Gasteiger partial charge >= 0.3 is 0 Å². The number of hydrogen-bond donors (Lipinski definition) is 0. The van der Waals surface area contributed by atoms with Crippen LogP contribution in [0.15, 0.2) is 22.6 Å². The van der Waals surface area contributed by atoms with E-state index in [2.05, 4.69) is 16.9 Å². The zero-order chi connectivity index (χ0) is 17.1. The molecule has 0 saturated carbocycles. The Bertz CT molecular complexity index is 748. The summed E-state index contributed by atoms with van der Waals surface area (Å²) in [4.78, 5) is 2.75. The average Bonchev–Trinajstić information content (AvgIpc) is 2.97. The van der Waals surface area contributed by atoms with E-state index >= 15 is 0 Å². The second-order valence-electron chi connectivity index (χ2n) is 6.18. The minimum atomic E-state index is 0.387. The standard InChI is InChI=1S/C17H23N3O3S/c1-12-6-8-19(9-7-12)11-20-17(24)23-16(18-20)13-4-5-14(21-2)15(10-13)22-3/h4-5,10,12H,6-9,11H2,1-3H3. The zero-order valence-corrected chi connectivity index (χ0v) is 15.1. The monoisotopic (exact) mass is 349 g/mol. The predicted molar refractivity (Wildman–Crippen MR) is 93.8 cm³/mol. The van der Waals surface area contributed by atoms with Gasteiger partial charge in [0, 0.05) is 18.7 Å². The van der Waals surface area contributed by atoms with Gasteiger partial charge in [0.15, 0.2) is 11.5 Å². The van der Waals surface area contributed by atoms with E-state index in [1.54, 1.807) is 18.9 Å². The lowest BCUT2D eigenvalue weighted by molar-refractivity contribution is 0.144. The Morgan fingerprint density at radius 3 is 2.58 bits per heavy atom. The number of hydrogen-bond acceptors (Lipinski definition) is 6. The molecule has 2 heterocycles. The van der Waals surface area contributed by atoms with Gasteiger partial charge in [-0.1, -0.05) is 6.92 Å². The Balaban J connectivity index is 1.80. The average molecular weight is 349 g/mol. The first kappa shape index (κ1) is 17.0. The van der Waals surface area contributed by atoms with Gasteiger partial charge in [0.1, 0.15) is 0 Å². The molecule has 1 aromatic heterocycles. The topological polar surface area (TPSA) is 52.7 Å². The Morgan fingerprint density at radius 1 is 1.21 bits per heavy atom. The fourth-order valence-corrected chi connectivity index (χ4v) is 3.05. The van der Waals surface area contributed by atoms with E-state index in [1.807, 2.05) is 18.2 Å². The molecule has 24 heavy (non-hydrogen) atoms. The molecule has 0 atom stereocenters. The van der Waals surface area contributed by atoms with Crippen LogP contribution in [0.1, 0.15) is 19.8 Å². The molecule has 6 nitrogen and oxygen atoms in total. The number of rotatable bonds is 5. The molecule has 7 heteroatoms. The lowest BCUT2D eigenvalue weighted by Crippen LogP contribution is -2.34. The van der Waals surface area contributed by atoms with E-state index in [0.29, 0.717) is 28.9 Å². The third-order valence-corrected chi connectivity index (χ3v) is 4.74. The van der Waals surface area contributed by atoms with Crippen LogP contribution in [0.25, 0.3) is 11.5 Å². The molecule has 0 radical (unpaired) electrons. The number of ether oxygens (including phenoxy) is 2. The maximum atomic E-state index is 5.68. The summed E-state index contributed by atoms with van der Waals surface area (Å²) in [5.74, 6) is 2.59. The third-order valence-electron chi connectivity index (χ3n) is 4.45. The van der Waals surface area contributed by atoms with Gasteiger partial charge in [-0.05, 0) is 49.2 Å². The smallest absolute Gasteiger partial charge is 0.288 e. The molecule has 0 bridgehead atoms. The molecule has 0 amide bonds. The molecule has 130 valence electrons. The molecule has 0 aliphatic carbocycles. The van der Waals surface area contributed by atoms with Gasteiger partial charge in [-0.2, -0.15) is 0 Å². The summed E-state index contributed by atoms with van der Waals surface area (Å²) >= 11 is 5.33. The van der Waals surface area contributed by atoms with Crippen LogP contribution >= 0.6 is 12.2 Å². The van der Waals surface area contributed by atoms with Crippen LogP contribution in [0.5, 0.6) is 11.5 Å². The van der Waals surface area contributed by atoms with Crippen LogP contribution < -0.4 is 9.47 Å². The zero-order valence-electron chi connectivity index (χ0n) is 14.3. The summed E-state index contributed by atoms with van der Waals surface area (Å²) < 4.78 is 18.0. The highest BCUT2D eigenvalue weighted by Gasteiger charge is 2.18. The Morgan fingerprint density at radius 2 is 1.92 bits per heavy atom. The maximum Gasteiger partial charge on any atom is 0.288 e. The molecule has 1 aromatic carbocycles. The van der Waals surface area contributed by atoms with Crippen molar-refractivity contribution in [2.24, 2.45) is 5.92 Å². The molecular weight excluding hydrogens is 326 g/mol. The SMILES string of the molecule is COc1ccc(-c2nn(CN3CCC(C)CC3)c(=S)o2)cc1OC. The first-order chi connectivity index (χ1) is 11.6. The minimum absolute atomic E-state index is 0.387. The number of methoxy groups -OCH3 is 2. The molecule has 2 aromatic rings. The summed E-state index contributed by atoms with van der Waals surface area (Å²) in [5.41, 5.74) is 0.810. The van der Waals surface area contributed by atoms with E-state index in [4.69, 9.17) is 26.1 Å². The number of nitrogens with zero attached hydrogens (tertiary/aromatic N) is 3. The summed E-state index contributed by atoms with van der Waals surface area (Å²) in [5, 5.41) is 4.53. The molecule has 1 saturated heterocycles. The van der Waals surface area contributed by atoms with Crippen LogP contribution in [0.2, 0.25) is 0 Å². The van der Waals surface area contributed by atoms with Crippen molar-refractivity contribution in [1.29, 1.82) is 0 Å². The molecule has 1 aliphatic rings. The van der Waals surface area contributed by atoms with E-state index in [9.17, 15) is 0 Å². The van der Waals surface area contributed by atoms with Gasteiger partial charge in [-0.15, -0.1) is 5.10 Å². The van der Waals surface area contributed by atoms with Crippen molar-refractivity contribution in [3.63, 3.8) is 0 Å². The van der Waals surface area contributed by atoms with Crippen molar-refractivity contribution in [2.45, 2.75) is 26.4 Å². The minimum Gasteiger partial charge on any atom is -0.493 e. The molecule has 1 aliphatic heterocycles. The third kappa shape index (κ3) is 3.62.